The van der Waals surface area contributed by atoms with Crippen molar-refractivity contribution >= 4 is 17.5 Å². The molecule has 2 aromatic heterocycles. The van der Waals surface area contributed by atoms with E-state index in [9.17, 15) is 14.4 Å². The normalized spacial score (nSPS) is 14.7. The van der Waals surface area contributed by atoms with Gasteiger partial charge in [0.25, 0.3) is 0 Å². The van der Waals surface area contributed by atoms with Crippen molar-refractivity contribution in [3.8, 4) is 11.3 Å². The van der Waals surface area contributed by atoms with Gasteiger partial charge in [0.15, 0.2) is 5.65 Å². The highest BCUT2D eigenvalue weighted by Crippen LogP contribution is 2.20. The van der Waals surface area contributed by atoms with Gasteiger partial charge >= 0.3 is 11.7 Å². The molecule has 0 unspecified atom stereocenters. The molecule has 0 radical (unpaired) electrons. The van der Waals surface area contributed by atoms with Crippen molar-refractivity contribution in [1.82, 2.24) is 24.1 Å². The van der Waals surface area contributed by atoms with Crippen molar-refractivity contribution in [2.45, 2.75) is 33.2 Å². The van der Waals surface area contributed by atoms with Gasteiger partial charge in [-0.2, -0.15) is 0 Å². The van der Waals surface area contributed by atoms with Gasteiger partial charge in [0.2, 0.25) is 5.91 Å². The van der Waals surface area contributed by atoms with Crippen molar-refractivity contribution in [1.29, 1.82) is 0 Å². The number of amides is 1. The SMILES string of the molecule is CCOC(=O)C1CCN(C(=O)Cn2nc3cc(-c4ccccc4)nc(C)n3c2=O)CC1. The largest absolute Gasteiger partial charge is 0.466 e. The number of carbonyl (C=O) groups excluding carboxylic acids is 2. The van der Waals surface area contributed by atoms with Crippen LogP contribution in [0, 0.1) is 12.8 Å². The molecule has 1 aliphatic rings. The Balaban J connectivity index is 1.51. The van der Waals surface area contributed by atoms with Crippen molar-refractivity contribution in [3.05, 3.63) is 52.7 Å². The number of likely N-dealkylation sites (tertiary alicyclic amines) is 1. The number of piperidine rings is 1. The predicted molar refractivity (Wildman–Crippen MR) is 113 cm³/mol. The number of rotatable bonds is 5. The molecule has 0 bridgehead atoms. The summed E-state index contributed by atoms with van der Waals surface area (Å²) >= 11 is 0. The van der Waals surface area contributed by atoms with Crippen LogP contribution in [-0.4, -0.2) is 55.6 Å². The Morgan fingerprint density at radius 1 is 1.16 bits per heavy atom. The summed E-state index contributed by atoms with van der Waals surface area (Å²) < 4.78 is 7.66. The van der Waals surface area contributed by atoms with E-state index >= 15 is 0 Å². The van der Waals surface area contributed by atoms with Gasteiger partial charge in [-0.05, 0) is 26.7 Å². The van der Waals surface area contributed by atoms with Gasteiger partial charge in [-0.15, -0.1) is 5.10 Å². The fraction of sp³-hybridized carbons (Fsp3) is 0.409. The number of esters is 1. The molecule has 1 amide bonds. The number of hydrogen-bond donors (Lipinski definition) is 0. The quantitative estimate of drug-likeness (QED) is 0.579. The van der Waals surface area contributed by atoms with E-state index in [0.29, 0.717) is 44.0 Å². The number of nitrogens with zero attached hydrogens (tertiary/aromatic N) is 5. The molecule has 162 valence electrons. The Hall–Kier alpha value is -3.49. The summed E-state index contributed by atoms with van der Waals surface area (Å²) in [4.78, 5) is 43.7. The van der Waals surface area contributed by atoms with Gasteiger partial charge in [0.1, 0.15) is 12.4 Å². The van der Waals surface area contributed by atoms with Crippen LogP contribution in [0.1, 0.15) is 25.6 Å². The highest BCUT2D eigenvalue weighted by atomic mass is 16.5. The third-order valence-electron chi connectivity index (χ3n) is 5.56. The van der Waals surface area contributed by atoms with Gasteiger partial charge in [-0.1, -0.05) is 30.3 Å². The van der Waals surface area contributed by atoms with Crippen molar-refractivity contribution in [3.63, 3.8) is 0 Å². The highest BCUT2D eigenvalue weighted by molar-refractivity contribution is 5.77. The smallest absolute Gasteiger partial charge is 0.352 e. The first-order valence-corrected chi connectivity index (χ1v) is 10.4. The molecule has 1 aromatic carbocycles. The second-order valence-electron chi connectivity index (χ2n) is 7.60. The van der Waals surface area contributed by atoms with E-state index in [-0.39, 0.29) is 24.3 Å². The summed E-state index contributed by atoms with van der Waals surface area (Å²) in [5.41, 5.74) is 1.70. The highest BCUT2D eigenvalue weighted by Gasteiger charge is 2.28. The molecule has 0 N–H and O–H groups in total. The van der Waals surface area contributed by atoms with Gasteiger partial charge in [-0.3, -0.25) is 9.59 Å². The Morgan fingerprint density at radius 2 is 1.87 bits per heavy atom. The van der Waals surface area contributed by atoms with Gasteiger partial charge in [0, 0.05) is 24.7 Å². The summed E-state index contributed by atoms with van der Waals surface area (Å²) in [5, 5.41) is 4.37. The summed E-state index contributed by atoms with van der Waals surface area (Å²) in [6, 6.07) is 11.4. The van der Waals surface area contributed by atoms with E-state index in [4.69, 9.17) is 4.74 Å². The lowest BCUT2D eigenvalue weighted by molar-refractivity contribution is -0.151. The van der Waals surface area contributed by atoms with E-state index in [1.165, 1.54) is 9.08 Å². The van der Waals surface area contributed by atoms with Crippen molar-refractivity contribution in [2.24, 2.45) is 5.92 Å². The number of aryl methyl sites for hydroxylation is 1. The maximum atomic E-state index is 12.8. The first kappa shape index (κ1) is 20.8. The standard InChI is InChI=1S/C22H25N5O4/c1-3-31-21(29)17-9-11-25(12-10-17)20(28)14-26-22(30)27-15(2)23-18(13-19(27)24-26)16-7-5-4-6-8-16/h4-8,13,17H,3,9-12,14H2,1-2H3. The Bertz CT molecular complexity index is 1160. The Labute approximate surface area is 179 Å². The lowest BCUT2D eigenvalue weighted by Crippen LogP contribution is -2.43. The zero-order valence-electron chi connectivity index (χ0n) is 17.7. The molecule has 0 saturated carbocycles. The van der Waals surface area contributed by atoms with E-state index in [0.717, 1.165) is 11.3 Å². The molecule has 4 rings (SSSR count). The van der Waals surface area contributed by atoms with E-state index in [2.05, 4.69) is 10.1 Å². The summed E-state index contributed by atoms with van der Waals surface area (Å²) in [6.07, 6.45) is 1.13. The molecule has 31 heavy (non-hydrogen) atoms. The molecule has 0 aliphatic carbocycles. The van der Waals surface area contributed by atoms with Gasteiger partial charge in [-0.25, -0.2) is 18.9 Å². The van der Waals surface area contributed by atoms with Crippen molar-refractivity contribution in [2.75, 3.05) is 19.7 Å². The number of hydrogen-bond acceptors (Lipinski definition) is 6. The van der Waals surface area contributed by atoms with E-state index in [1.54, 1.807) is 24.8 Å². The van der Waals surface area contributed by atoms with Crippen LogP contribution in [-0.2, 0) is 20.9 Å². The molecular formula is C22H25N5O4. The number of carbonyl (C=O) groups is 2. The fourth-order valence-corrected chi connectivity index (χ4v) is 3.91. The molecule has 1 aliphatic heterocycles. The van der Waals surface area contributed by atoms with Gasteiger partial charge in [0.05, 0.1) is 18.2 Å². The molecule has 3 heterocycles. The third kappa shape index (κ3) is 4.21. The lowest BCUT2D eigenvalue weighted by Gasteiger charge is -2.30. The minimum Gasteiger partial charge on any atom is -0.466 e. The zero-order valence-corrected chi connectivity index (χ0v) is 17.7. The minimum absolute atomic E-state index is 0.148. The van der Waals surface area contributed by atoms with Crippen LogP contribution in [0.2, 0.25) is 0 Å². The van der Waals surface area contributed by atoms with Crippen molar-refractivity contribution < 1.29 is 14.3 Å². The van der Waals surface area contributed by atoms with Crippen LogP contribution in [0.15, 0.2) is 41.2 Å². The molecule has 0 spiro atoms. The maximum Gasteiger partial charge on any atom is 0.352 e. The maximum absolute atomic E-state index is 12.8. The lowest BCUT2D eigenvalue weighted by atomic mass is 9.97. The Kier molecular flexibility index (Phi) is 5.83. The molecule has 3 aromatic rings. The third-order valence-corrected chi connectivity index (χ3v) is 5.56. The first-order valence-electron chi connectivity index (χ1n) is 10.4. The van der Waals surface area contributed by atoms with E-state index < -0.39 is 5.69 Å². The molecule has 1 fully saturated rings. The Morgan fingerprint density at radius 3 is 2.55 bits per heavy atom. The topological polar surface area (TPSA) is 98.8 Å². The predicted octanol–water partition coefficient (Wildman–Crippen LogP) is 1.67. The van der Waals surface area contributed by atoms with Crippen LogP contribution in [0.25, 0.3) is 16.9 Å². The minimum atomic E-state index is -0.394. The van der Waals surface area contributed by atoms with Crippen LogP contribution in [0.3, 0.4) is 0 Å². The summed E-state index contributed by atoms with van der Waals surface area (Å²) in [6.45, 7) is 4.66. The molecular weight excluding hydrogens is 398 g/mol. The second-order valence-corrected chi connectivity index (χ2v) is 7.60. The molecule has 9 heteroatoms. The molecule has 1 saturated heterocycles. The van der Waals surface area contributed by atoms with Crippen LogP contribution >= 0.6 is 0 Å². The average molecular weight is 423 g/mol. The fourth-order valence-electron chi connectivity index (χ4n) is 3.91. The number of ether oxygens (including phenoxy) is 1. The van der Waals surface area contributed by atoms with Crippen LogP contribution in [0.4, 0.5) is 0 Å². The number of fused-ring (bicyclic) bond motifs is 1. The number of benzene rings is 1. The molecule has 9 nitrogen and oxygen atoms in total. The zero-order chi connectivity index (χ0) is 22.0. The van der Waals surface area contributed by atoms with Crippen LogP contribution < -0.4 is 5.69 Å². The number of aromatic nitrogens is 4. The monoisotopic (exact) mass is 423 g/mol. The molecule has 0 atom stereocenters. The van der Waals surface area contributed by atoms with Gasteiger partial charge < -0.3 is 9.64 Å². The second kappa shape index (κ2) is 8.71. The van der Waals surface area contributed by atoms with Crippen LogP contribution in [0.5, 0.6) is 0 Å². The first-order chi connectivity index (χ1) is 15.0. The van der Waals surface area contributed by atoms with E-state index in [1.807, 2.05) is 30.3 Å². The summed E-state index contributed by atoms with van der Waals surface area (Å²) in [7, 11) is 0. The summed E-state index contributed by atoms with van der Waals surface area (Å²) in [5.74, 6) is -0.0626. The average Bonchev–Trinajstić information content (AvgIpc) is 3.10.